The third kappa shape index (κ3) is 2.82. The summed E-state index contributed by atoms with van der Waals surface area (Å²) in [4.78, 5) is 1.35. The predicted octanol–water partition coefficient (Wildman–Crippen LogP) is 0.477. The zero-order chi connectivity index (χ0) is 13.2. The van der Waals surface area contributed by atoms with Crippen molar-refractivity contribution in [2.75, 3.05) is 32.1 Å². The number of phenolic OH excluding ortho intramolecular Hbond substituents is 1. The van der Waals surface area contributed by atoms with Gasteiger partial charge in [-0.25, -0.2) is 0 Å². The van der Waals surface area contributed by atoms with Crippen LogP contribution in [0.15, 0.2) is 24.3 Å². The van der Waals surface area contributed by atoms with Crippen molar-refractivity contribution in [1.29, 1.82) is 0 Å². The number of benzene rings is 1. The number of nitrogens with one attached hydrogen (secondary N) is 1. The van der Waals surface area contributed by atoms with Gasteiger partial charge in [0, 0.05) is 5.75 Å². The summed E-state index contributed by atoms with van der Waals surface area (Å²) in [7, 11) is 4.23. The number of thioether (sulfide) groups is 1. The molecule has 2 atom stereocenters. The van der Waals surface area contributed by atoms with Crippen molar-refractivity contribution in [3.63, 3.8) is 0 Å². The first-order valence-electron chi connectivity index (χ1n) is 6.41. The number of hydrogen-bond acceptors (Lipinski definition) is 3. The lowest BCUT2D eigenvalue weighted by Crippen LogP contribution is -3.07. The van der Waals surface area contributed by atoms with Gasteiger partial charge in [-0.15, -0.1) is 0 Å². The average Bonchev–Trinajstić information content (AvgIpc) is 2.32. The van der Waals surface area contributed by atoms with Crippen LogP contribution in [0.25, 0.3) is 0 Å². The number of rotatable bonds is 3. The second-order valence-electron chi connectivity index (χ2n) is 5.41. The summed E-state index contributed by atoms with van der Waals surface area (Å²) >= 11 is 1.91. The molecule has 1 aliphatic rings. The van der Waals surface area contributed by atoms with Crippen molar-refractivity contribution >= 4 is 11.8 Å². The van der Waals surface area contributed by atoms with Crippen LogP contribution >= 0.6 is 11.8 Å². The number of hydrogen-bond donors (Lipinski definition) is 3. The van der Waals surface area contributed by atoms with E-state index in [1.165, 1.54) is 4.90 Å². The highest BCUT2D eigenvalue weighted by Crippen LogP contribution is 2.40. The van der Waals surface area contributed by atoms with Gasteiger partial charge < -0.3 is 15.1 Å². The fourth-order valence-corrected chi connectivity index (χ4v) is 3.97. The molecule has 1 heterocycles. The first kappa shape index (κ1) is 13.7. The Bertz CT molecular complexity index is 411. The summed E-state index contributed by atoms with van der Waals surface area (Å²) < 4.78 is 0. The van der Waals surface area contributed by atoms with E-state index >= 15 is 0 Å². The molecule has 3 N–H and O–H groups in total. The maximum atomic E-state index is 11.0. The molecule has 0 spiro atoms. The Morgan fingerprint density at radius 2 is 2.22 bits per heavy atom. The highest BCUT2D eigenvalue weighted by molar-refractivity contribution is 7.99. The van der Waals surface area contributed by atoms with Crippen LogP contribution in [0.2, 0.25) is 0 Å². The largest absolute Gasteiger partial charge is 0.508 e. The number of aromatic hydroxyl groups is 1. The first-order chi connectivity index (χ1) is 8.52. The van der Waals surface area contributed by atoms with Crippen LogP contribution in [0.4, 0.5) is 0 Å². The fraction of sp³-hybridized carbons (Fsp3) is 0.571. The van der Waals surface area contributed by atoms with Crippen LogP contribution in [-0.4, -0.2) is 42.4 Å². The van der Waals surface area contributed by atoms with Crippen molar-refractivity contribution in [2.24, 2.45) is 5.92 Å². The monoisotopic (exact) mass is 268 g/mol. The predicted molar refractivity (Wildman–Crippen MR) is 75.1 cm³/mol. The molecule has 0 aliphatic carbocycles. The number of phenols is 1. The number of aliphatic hydroxyl groups is 1. The van der Waals surface area contributed by atoms with Gasteiger partial charge in [-0.2, -0.15) is 11.8 Å². The SMILES string of the molecule is C[NH+](C)C[C@@H]1CSCC[C@]1(O)c1cccc(O)c1. The lowest BCUT2D eigenvalue weighted by atomic mass is 9.79. The lowest BCUT2D eigenvalue weighted by Gasteiger charge is -2.40. The molecule has 2 rings (SSSR count). The molecule has 0 aromatic heterocycles. The van der Waals surface area contributed by atoms with E-state index in [-0.39, 0.29) is 11.7 Å². The van der Waals surface area contributed by atoms with E-state index in [0.717, 1.165) is 30.0 Å². The molecule has 0 saturated carbocycles. The van der Waals surface area contributed by atoms with E-state index < -0.39 is 5.60 Å². The Hall–Kier alpha value is -0.710. The smallest absolute Gasteiger partial charge is 0.115 e. The molecule has 100 valence electrons. The van der Waals surface area contributed by atoms with Crippen LogP contribution in [-0.2, 0) is 5.60 Å². The van der Waals surface area contributed by atoms with E-state index in [2.05, 4.69) is 14.1 Å². The maximum Gasteiger partial charge on any atom is 0.115 e. The van der Waals surface area contributed by atoms with Crippen LogP contribution in [0.5, 0.6) is 5.75 Å². The van der Waals surface area contributed by atoms with Crippen LogP contribution in [0.3, 0.4) is 0 Å². The minimum atomic E-state index is -0.790. The van der Waals surface area contributed by atoms with E-state index in [1.54, 1.807) is 12.1 Å². The van der Waals surface area contributed by atoms with Crippen molar-refractivity contribution in [3.05, 3.63) is 29.8 Å². The first-order valence-corrected chi connectivity index (χ1v) is 7.56. The van der Waals surface area contributed by atoms with Gasteiger partial charge in [-0.05, 0) is 29.9 Å². The van der Waals surface area contributed by atoms with Crippen molar-refractivity contribution in [3.8, 4) is 5.75 Å². The van der Waals surface area contributed by atoms with Crippen molar-refractivity contribution < 1.29 is 15.1 Å². The molecule has 1 aromatic rings. The highest BCUT2D eigenvalue weighted by Gasteiger charge is 2.42. The van der Waals surface area contributed by atoms with Crippen molar-refractivity contribution in [2.45, 2.75) is 12.0 Å². The minimum absolute atomic E-state index is 0.232. The van der Waals surface area contributed by atoms with E-state index in [4.69, 9.17) is 0 Å². The van der Waals surface area contributed by atoms with Gasteiger partial charge in [0.1, 0.15) is 5.75 Å². The van der Waals surface area contributed by atoms with E-state index in [1.807, 2.05) is 23.9 Å². The molecular formula is C14H22NO2S+. The molecule has 0 radical (unpaired) electrons. The van der Waals surface area contributed by atoms with Gasteiger partial charge in [0.15, 0.2) is 0 Å². The summed E-state index contributed by atoms with van der Waals surface area (Å²) in [6, 6.07) is 7.09. The third-order valence-corrected chi connectivity index (χ3v) is 4.75. The fourth-order valence-electron chi connectivity index (χ4n) is 2.67. The molecule has 0 unspecified atom stereocenters. The Labute approximate surface area is 113 Å². The van der Waals surface area contributed by atoms with Gasteiger partial charge in [0.2, 0.25) is 0 Å². The maximum absolute atomic E-state index is 11.0. The minimum Gasteiger partial charge on any atom is -0.508 e. The summed E-state index contributed by atoms with van der Waals surface area (Å²) in [5, 5.41) is 20.6. The molecule has 1 aliphatic heterocycles. The van der Waals surface area contributed by atoms with Crippen molar-refractivity contribution in [1.82, 2.24) is 0 Å². The van der Waals surface area contributed by atoms with Crippen LogP contribution in [0, 0.1) is 5.92 Å². The average molecular weight is 268 g/mol. The molecule has 3 nitrogen and oxygen atoms in total. The highest BCUT2D eigenvalue weighted by atomic mass is 32.2. The summed E-state index contributed by atoms with van der Waals surface area (Å²) in [6.07, 6.45) is 0.763. The Morgan fingerprint density at radius 3 is 2.89 bits per heavy atom. The molecular weight excluding hydrogens is 246 g/mol. The van der Waals surface area contributed by atoms with E-state index in [9.17, 15) is 10.2 Å². The molecule has 0 bridgehead atoms. The van der Waals surface area contributed by atoms with Gasteiger partial charge in [-0.3, -0.25) is 0 Å². The second kappa shape index (κ2) is 5.51. The second-order valence-corrected chi connectivity index (χ2v) is 6.56. The van der Waals surface area contributed by atoms with Gasteiger partial charge >= 0.3 is 0 Å². The molecule has 18 heavy (non-hydrogen) atoms. The Morgan fingerprint density at radius 1 is 1.44 bits per heavy atom. The zero-order valence-electron chi connectivity index (χ0n) is 11.0. The molecule has 1 fully saturated rings. The van der Waals surface area contributed by atoms with Gasteiger partial charge in [-0.1, -0.05) is 12.1 Å². The number of quaternary nitrogens is 1. The molecule has 1 aromatic carbocycles. The standard InChI is InChI=1S/C14H21NO2S/c1-15(2)9-12-10-18-7-6-14(12,17)11-4-3-5-13(16)8-11/h3-5,8,12,16-17H,6-7,9-10H2,1-2H3/p+1/t12-,14+/m1/s1. The summed E-state index contributed by atoms with van der Waals surface area (Å²) in [5.41, 5.74) is 0.0652. The summed E-state index contributed by atoms with van der Waals surface area (Å²) in [5.74, 6) is 2.43. The quantitative estimate of drug-likeness (QED) is 0.747. The van der Waals surface area contributed by atoms with Crippen LogP contribution in [0.1, 0.15) is 12.0 Å². The zero-order valence-corrected chi connectivity index (χ0v) is 11.8. The molecule has 1 saturated heterocycles. The Balaban J connectivity index is 2.29. The normalized spacial score (nSPS) is 28.6. The van der Waals surface area contributed by atoms with Crippen LogP contribution < -0.4 is 4.90 Å². The topological polar surface area (TPSA) is 44.9 Å². The molecule has 4 heteroatoms. The van der Waals surface area contributed by atoms with Gasteiger partial charge in [0.25, 0.3) is 0 Å². The summed E-state index contributed by atoms with van der Waals surface area (Å²) in [6.45, 7) is 0.944. The molecule has 0 amide bonds. The van der Waals surface area contributed by atoms with E-state index in [0.29, 0.717) is 0 Å². The third-order valence-electron chi connectivity index (χ3n) is 3.62. The Kier molecular flexibility index (Phi) is 4.20. The van der Waals surface area contributed by atoms with Gasteiger partial charge in [0.05, 0.1) is 32.2 Å². The lowest BCUT2D eigenvalue weighted by molar-refractivity contribution is -0.863.